The van der Waals surface area contributed by atoms with Gasteiger partial charge in [-0.1, -0.05) is 0 Å². The summed E-state index contributed by atoms with van der Waals surface area (Å²) in [4.78, 5) is 24.6. The molecule has 1 fully saturated rings. The number of aromatic nitrogens is 2. The number of anilines is 1. The predicted octanol–water partition coefficient (Wildman–Crippen LogP) is -1.28. The quantitative estimate of drug-likeness (QED) is 0.708. The van der Waals surface area contributed by atoms with Crippen LogP contribution in [0.1, 0.15) is 6.42 Å². The molecule has 1 amide bonds. The van der Waals surface area contributed by atoms with E-state index in [2.05, 4.69) is 15.3 Å². The molecule has 2 heterocycles. The van der Waals surface area contributed by atoms with E-state index in [-0.39, 0.29) is 11.5 Å². The summed E-state index contributed by atoms with van der Waals surface area (Å²) in [6.07, 6.45) is 2.62. The highest BCUT2D eigenvalue weighted by Crippen LogP contribution is 2.21. The second-order valence-corrected chi connectivity index (χ2v) is 4.74. The van der Waals surface area contributed by atoms with Crippen LogP contribution in [0, 0.1) is 5.92 Å². The molecule has 19 heavy (non-hydrogen) atoms. The van der Waals surface area contributed by atoms with E-state index in [1.807, 2.05) is 0 Å². The van der Waals surface area contributed by atoms with Gasteiger partial charge in [0.25, 0.3) is 5.56 Å². The largest absolute Gasteiger partial charge is 0.387 e. The van der Waals surface area contributed by atoms with E-state index in [1.165, 1.54) is 4.68 Å². The molecule has 0 saturated carbocycles. The van der Waals surface area contributed by atoms with E-state index in [9.17, 15) is 9.59 Å². The third-order valence-corrected chi connectivity index (χ3v) is 3.34. The number of aryl methyl sites for hydroxylation is 1. The SMILES string of the molecule is Cn1ncc(N2CCC(CNC(=O)CO)C2)cc1=O. The molecule has 0 spiro atoms. The molecular weight excluding hydrogens is 248 g/mol. The minimum atomic E-state index is -0.477. The van der Waals surface area contributed by atoms with E-state index in [0.717, 1.165) is 25.2 Å². The Bertz CT molecular complexity index is 514. The Morgan fingerprint density at radius 3 is 3.11 bits per heavy atom. The van der Waals surface area contributed by atoms with Crippen LogP contribution in [0.4, 0.5) is 5.69 Å². The Labute approximate surface area is 110 Å². The first kappa shape index (κ1) is 13.5. The van der Waals surface area contributed by atoms with Crippen LogP contribution < -0.4 is 15.8 Å². The van der Waals surface area contributed by atoms with Gasteiger partial charge in [-0.3, -0.25) is 9.59 Å². The predicted molar refractivity (Wildman–Crippen MR) is 69.9 cm³/mol. The monoisotopic (exact) mass is 266 g/mol. The number of aliphatic hydroxyl groups is 1. The summed E-state index contributed by atoms with van der Waals surface area (Å²) in [7, 11) is 1.61. The molecule has 1 aromatic rings. The number of aliphatic hydroxyl groups excluding tert-OH is 1. The van der Waals surface area contributed by atoms with Crippen LogP contribution in [0.3, 0.4) is 0 Å². The summed E-state index contributed by atoms with van der Waals surface area (Å²) < 4.78 is 1.29. The normalized spacial score (nSPS) is 18.6. The van der Waals surface area contributed by atoms with E-state index in [0.29, 0.717) is 12.5 Å². The lowest BCUT2D eigenvalue weighted by atomic mass is 10.1. The van der Waals surface area contributed by atoms with Crippen molar-refractivity contribution >= 4 is 11.6 Å². The van der Waals surface area contributed by atoms with Crippen molar-refractivity contribution in [2.75, 3.05) is 31.1 Å². The van der Waals surface area contributed by atoms with Gasteiger partial charge >= 0.3 is 0 Å². The first-order valence-electron chi connectivity index (χ1n) is 6.26. The highest BCUT2D eigenvalue weighted by atomic mass is 16.3. The molecule has 2 N–H and O–H groups in total. The number of nitrogens with zero attached hydrogens (tertiary/aromatic N) is 3. The van der Waals surface area contributed by atoms with E-state index in [1.54, 1.807) is 19.3 Å². The van der Waals surface area contributed by atoms with Crippen LogP contribution in [0.2, 0.25) is 0 Å². The number of hydrogen-bond acceptors (Lipinski definition) is 5. The van der Waals surface area contributed by atoms with Crippen molar-refractivity contribution in [1.82, 2.24) is 15.1 Å². The molecule has 1 aromatic heterocycles. The fourth-order valence-corrected chi connectivity index (χ4v) is 2.18. The minimum absolute atomic E-state index is 0.130. The Morgan fingerprint density at radius 2 is 2.42 bits per heavy atom. The standard InChI is InChI=1S/C12H18N4O3/c1-15-12(19)4-10(6-14-15)16-3-2-9(7-16)5-13-11(18)8-17/h4,6,9,17H,2-3,5,7-8H2,1H3,(H,13,18). The van der Waals surface area contributed by atoms with Gasteiger partial charge in [0.2, 0.25) is 5.91 Å². The molecule has 1 atom stereocenters. The highest BCUT2D eigenvalue weighted by molar-refractivity contribution is 5.76. The number of nitrogens with one attached hydrogen (secondary N) is 1. The topological polar surface area (TPSA) is 87.5 Å². The Balaban J connectivity index is 1.92. The maximum Gasteiger partial charge on any atom is 0.268 e. The summed E-state index contributed by atoms with van der Waals surface area (Å²) in [5, 5.41) is 15.3. The van der Waals surface area contributed by atoms with Gasteiger partial charge in [0.05, 0.1) is 11.9 Å². The summed E-state index contributed by atoms with van der Waals surface area (Å²) in [5.41, 5.74) is 0.689. The molecule has 1 unspecified atom stereocenters. The molecule has 7 heteroatoms. The van der Waals surface area contributed by atoms with Crippen molar-refractivity contribution < 1.29 is 9.90 Å². The second-order valence-electron chi connectivity index (χ2n) is 4.74. The zero-order chi connectivity index (χ0) is 13.8. The van der Waals surface area contributed by atoms with E-state index in [4.69, 9.17) is 5.11 Å². The Hall–Kier alpha value is -1.89. The van der Waals surface area contributed by atoms with Crippen LogP contribution >= 0.6 is 0 Å². The van der Waals surface area contributed by atoms with Gasteiger partial charge in [-0.2, -0.15) is 5.10 Å². The fraction of sp³-hybridized carbons (Fsp3) is 0.583. The summed E-state index contributed by atoms with van der Waals surface area (Å²) in [6, 6.07) is 1.57. The molecule has 0 aliphatic carbocycles. The zero-order valence-electron chi connectivity index (χ0n) is 10.9. The first-order valence-corrected chi connectivity index (χ1v) is 6.26. The lowest BCUT2D eigenvalue weighted by molar-refractivity contribution is -0.123. The summed E-state index contributed by atoms with van der Waals surface area (Å²) >= 11 is 0. The molecule has 1 aliphatic rings. The lowest BCUT2D eigenvalue weighted by Crippen LogP contribution is -2.33. The molecule has 0 radical (unpaired) electrons. The van der Waals surface area contributed by atoms with Crippen LogP contribution in [-0.4, -0.2) is 47.0 Å². The minimum Gasteiger partial charge on any atom is -0.387 e. The smallest absolute Gasteiger partial charge is 0.268 e. The number of carbonyl (C=O) groups excluding carboxylic acids is 1. The van der Waals surface area contributed by atoms with Gasteiger partial charge in [0.15, 0.2) is 0 Å². The fourth-order valence-electron chi connectivity index (χ4n) is 2.18. The van der Waals surface area contributed by atoms with Crippen molar-refractivity contribution in [3.63, 3.8) is 0 Å². The van der Waals surface area contributed by atoms with Crippen LogP contribution in [0.25, 0.3) is 0 Å². The molecule has 1 aliphatic heterocycles. The number of carbonyl (C=O) groups is 1. The number of hydrogen-bond donors (Lipinski definition) is 2. The highest BCUT2D eigenvalue weighted by Gasteiger charge is 2.23. The van der Waals surface area contributed by atoms with Crippen molar-refractivity contribution in [3.05, 3.63) is 22.6 Å². The molecule has 0 aromatic carbocycles. The maximum absolute atomic E-state index is 11.5. The molecule has 0 bridgehead atoms. The van der Waals surface area contributed by atoms with Crippen molar-refractivity contribution in [1.29, 1.82) is 0 Å². The maximum atomic E-state index is 11.5. The van der Waals surface area contributed by atoms with Gasteiger partial charge in [-0.25, -0.2) is 4.68 Å². The van der Waals surface area contributed by atoms with E-state index < -0.39 is 6.61 Å². The van der Waals surface area contributed by atoms with Gasteiger partial charge < -0.3 is 15.3 Å². The molecule has 1 saturated heterocycles. The Morgan fingerprint density at radius 1 is 1.63 bits per heavy atom. The molecule has 2 rings (SSSR count). The Kier molecular flexibility index (Phi) is 4.16. The number of rotatable bonds is 4. The van der Waals surface area contributed by atoms with Crippen LogP contribution in [0.15, 0.2) is 17.1 Å². The summed E-state index contributed by atoms with van der Waals surface area (Å²) in [5.74, 6) is -0.0201. The van der Waals surface area contributed by atoms with Gasteiger partial charge in [0, 0.05) is 32.7 Å². The van der Waals surface area contributed by atoms with Gasteiger partial charge in [-0.05, 0) is 12.3 Å². The average Bonchev–Trinajstić information content (AvgIpc) is 2.88. The van der Waals surface area contributed by atoms with Crippen molar-refractivity contribution in [2.24, 2.45) is 13.0 Å². The summed E-state index contributed by atoms with van der Waals surface area (Å²) in [6.45, 7) is 1.69. The lowest BCUT2D eigenvalue weighted by Gasteiger charge is -2.18. The molecule has 7 nitrogen and oxygen atoms in total. The van der Waals surface area contributed by atoms with E-state index >= 15 is 0 Å². The number of amides is 1. The van der Waals surface area contributed by atoms with Crippen LogP contribution in [-0.2, 0) is 11.8 Å². The zero-order valence-corrected chi connectivity index (χ0v) is 10.9. The van der Waals surface area contributed by atoms with Gasteiger partial charge in [-0.15, -0.1) is 0 Å². The third-order valence-electron chi connectivity index (χ3n) is 3.34. The van der Waals surface area contributed by atoms with Crippen molar-refractivity contribution in [3.8, 4) is 0 Å². The third kappa shape index (κ3) is 3.31. The van der Waals surface area contributed by atoms with Crippen molar-refractivity contribution in [2.45, 2.75) is 6.42 Å². The first-order chi connectivity index (χ1) is 9.10. The average molecular weight is 266 g/mol. The molecule has 104 valence electrons. The molecular formula is C12H18N4O3. The second kappa shape index (κ2) is 5.83. The van der Waals surface area contributed by atoms with Gasteiger partial charge in [0.1, 0.15) is 6.61 Å². The van der Waals surface area contributed by atoms with Crippen LogP contribution in [0.5, 0.6) is 0 Å².